The minimum atomic E-state index is -0.934. The van der Waals surface area contributed by atoms with E-state index < -0.39 is 11.7 Å². The zero-order valence-electron chi connectivity index (χ0n) is 15.4. The van der Waals surface area contributed by atoms with Gasteiger partial charge in [0.1, 0.15) is 11.5 Å². The summed E-state index contributed by atoms with van der Waals surface area (Å²) < 4.78 is 18.9. The van der Waals surface area contributed by atoms with E-state index in [1.165, 1.54) is 4.90 Å². The van der Waals surface area contributed by atoms with Crippen LogP contribution in [0.25, 0.3) is 22.0 Å². The average Bonchev–Trinajstić information content (AvgIpc) is 3.08. The van der Waals surface area contributed by atoms with Crippen molar-refractivity contribution in [2.75, 3.05) is 19.7 Å². The summed E-state index contributed by atoms with van der Waals surface area (Å²) >= 11 is 0. The van der Waals surface area contributed by atoms with Crippen LogP contribution in [0.4, 0.5) is 4.39 Å². The van der Waals surface area contributed by atoms with E-state index >= 15 is 0 Å². The quantitative estimate of drug-likeness (QED) is 0.663. The second-order valence-electron chi connectivity index (χ2n) is 7.10. The lowest BCUT2D eigenvalue weighted by Gasteiger charge is -2.38. The number of ether oxygens (including phenoxy) is 1. The number of hydrogen-bond acceptors (Lipinski definition) is 4. The minimum absolute atomic E-state index is 0.143. The monoisotopic (exact) mass is 381 g/mol. The van der Waals surface area contributed by atoms with E-state index in [1.807, 2.05) is 25.1 Å². The van der Waals surface area contributed by atoms with Gasteiger partial charge in [-0.2, -0.15) is 5.10 Å². The Morgan fingerprint density at radius 1 is 1.39 bits per heavy atom. The molecular formula is C21H20FN3O3. The lowest BCUT2D eigenvalue weighted by Crippen LogP contribution is -2.52. The molecular weight excluding hydrogens is 361 g/mol. The molecule has 0 atom stereocenters. The molecule has 0 unspecified atom stereocenters. The fourth-order valence-corrected chi connectivity index (χ4v) is 3.49. The van der Waals surface area contributed by atoms with Gasteiger partial charge in [0.25, 0.3) is 5.91 Å². The molecule has 2 aromatic carbocycles. The Kier molecular flexibility index (Phi) is 4.50. The van der Waals surface area contributed by atoms with Crippen molar-refractivity contribution >= 4 is 16.8 Å². The number of phenols is 1. The zero-order valence-corrected chi connectivity index (χ0v) is 15.4. The van der Waals surface area contributed by atoms with Crippen LogP contribution in [0, 0.1) is 12.8 Å². The van der Waals surface area contributed by atoms with E-state index in [2.05, 4.69) is 16.8 Å². The highest BCUT2D eigenvalue weighted by atomic mass is 19.1. The average molecular weight is 381 g/mol. The first-order chi connectivity index (χ1) is 13.4. The van der Waals surface area contributed by atoms with E-state index in [0.29, 0.717) is 25.4 Å². The summed E-state index contributed by atoms with van der Waals surface area (Å²) in [5.41, 5.74) is 3.73. The third-order valence-electron chi connectivity index (χ3n) is 4.99. The van der Waals surface area contributed by atoms with E-state index in [4.69, 9.17) is 4.74 Å². The molecule has 0 bridgehead atoms. The Morgan fingerprint density at radius 3 is 2.89 bits per heavy atom. The van der Waals surface area contributed by atoms with Crippen molar-refractivity contribution < 1.29 is 19.0 Å². The van der Waals surface area contributed by atoms with Gasteiger partial charge in [0.2, 0.25) is 0 Å². The summed E-state index contributed by atoms with van der Waals surface area (Å²) in [6, 6.07) is 9.17. The summed E-state index contributed by atoms with van der Waals surface area (Å²) in [4.78, 5) is 12.9. The normalized spacial score (nSPS) is 14.1. The maximum absolute atomic E-state index is 12.9. The molecule has 1 fully saturated rings. The third kappa shape index (κ3) is 3.31. The van der Waals surface area contributed by atoms with Crippen LogP contribution in [0.3, 0.4) is 0 Å². The van der Waals surface area contributed by atoms with E-state index in [-0.39, 0.29) is 11.7 Å². The molecule has 1 aliphatic rings. The molecule has 1 aliphatic heterocycles. The molecule has 2 N–H and O–H groups in total. The first-order valence-electron chi connectivity index (χ1n) is 8.96. The van der Waals surface area contributed by atoms with Gasteiger partial charge in [-0.3, -0.25) is 9.89 Å². The summed E-state index contributed by atoms with van der Waals surface area (Å²) in [7, 11) is 0. The fourth-order valence-electron chi connectivity index (χ4n) is 3.49. The van der Waals surface area contributed by atoms with Gasteiger partial charge in [0, 0.05) is 19.0 Å². The zero-order chi connectivity index (χ0) is 19.8. The molecule has 0 saturated carbocycles. The van der Waals surface area contributed by atoms with Gasteiger partial charge >= 0.3 is 0 Å². The predicted molar refractivity (Wildman–Crippen MR) is 104 cm³/mol. The molecule has 28 heavy (non-hydrogen) atoms. The first-order valence-corrected chi connectivity index (χ1v) is 8.96. The first kappa shape index (κ1) is 18.0. The molecule has 3 aromatic rings. The summed E-state index contributed by atoms with van der Waals surface area (Å²) in [5.74, 6) is -0.534. The molecule has 2 heterocycles. The van der Waals surface area contributed by atoms with Crippen LogP contribution in [-0.2, 0) is 4.79 Å². The van der Waals surface area contributed by atoms with Crippen molar-refractivity contribution in [3.63, 3.8) is 0 Å². The number of carbonyl (C=O) groups is 1. The topological polar surface area (TPSA) is 78.5 Å². The number of aromatic hydroxyl groups is 1. The van der Waals surface area contributed by atoms with Crippen LogP contribution < -0.4 is 4.74 Å². The molecule has 1 amide bonds. The number of amides is 1. The highest BCUT2D eigenvalue weighted by Crippen LogP contribution is 2.34. The number of aryl methyl sites for hydroxylation is 1. The number of fused-ring (bicyclic) bond motifs is 1. The predicted octanol–water partition coefficient (Wildman–Crippen LogP) is 3.56. The van der Waals surface area contributed by atoms with Crippen molar-refractivity contribution in [2.45, 2.75) is 6.92 Å². The molecule has 4 rings (SSSR count). The van der Waals surface area contributed by atoms with Crippen LogP contribution in [0.15, 0.2) is 48.9 Å². The largest absolute Gasteiger partial charge is 0.508 e. The smallest absolute Gasteiger partial charge is 0.281 e. The van der Waals surface area contributed by atoms with Crippen molar-refractivity contribution in [3.8, 4) is 22.6 Å². The van der Waals surface area contributed by atoms with E-state index in [1.54, 1.807) is 18.3 Å². The van der Waals surface area contributed by atoms with Crippen molar-refractivity contribution in [3.05, 3.63) is 54.5 Å². The van der Waals surface area contributed by atoms with Crippen molar-refractivity contribution in [1.29, 1.82) is 0 Å². The molecule has 1 aromatic heterocycles. The summed E-state index contributed by atoms with van der Waals surface area (Å²) in [5, 5.41) is 17.6. The number of nitrogens with one attached hydrogen (secondary N) is 1. The van der Waals surface area contributed by atoms with Crippen LogP contribution in [-0.4, -0.2) is 45.8 Å². The number of hydrogen-bond donors (Lipinski definition) is 2. The maximum Gasteiger partial charge on any atom is 0.281 e. The van der Waals surface area contributed by atoms with Gasteiger partial charge in [-0.1, -0.05) is 12.6 Å². The Balaban J connectivity index is 1.54. The highest BCUT2D eigenvalue weighted by Gasteiger charge is 2.32. The maximum atomic E-state index is 12.9. The van der Waals surface area contributed by atoms with Crippen LogP contribution in [0.1, 0.15) is 5.56 Å². The third-order valence-corrected chi connectivity index (χ3v) is 4.99. The Hall–Kier alpha value is -3.35. The van der Waals surface area contributed by atoms with E-state index in [9.17, 15) is 14.3 Å². The lowest BCUT2D eigenvalue weighted by molar-refractivity contribution is -0.135. The number of H-pyrrole nitrogens is 1. The molecule has 0 radical (unpaired) electrons. The molecule has 0 spiro atoms. The second kappa shape index (κ2) is 6.99. The summed E-state index contributed by atoms with van der Waals surface area (Å²) in [6.07, 6.45) is 1.71. The van der Waals surface area contributed by atoms with Crippen molar-refractivity contribution in [1.82, 2.24) is 15.1 Å². The van der Waals surface area contributed by atoms with Crippen LogP contribution in [0.5, 0.6) is 11.5 Å². The minimum Gasteiger partial charge on any atom is -0.508 e. The molecule has 1 saturated heterocycles. The lowest BCUT2D eigenvalue weighted by atomic mass is 9.98. The van der Waals surface area contributed by atoms with Gasteiger partial charge in [-0.25, -0.2) is 4.39 Å². The number of halogens is 1. The Morgan fingerprint density at radius 2 is 2.18 bits per heavy atom. The fraction of sp³-hybridized carbons (Fsp3) is 0.238. The number of phenolic OH excluding ortho intramolecular Hbond substituents is 1. The van der Waals surface area contributed by atoms with E-state index in [0.717, 1.165) is 27.6 Å². The number of carbonyl (C=O) groups excluding carboxylic acids is 1. The summed E-state index contributed by atoms with van der Waals surface area (Å²) in [6.45, 7) is 6.30. The number of nitrogens with zero attached hydrogens (tertiary/aromatic N) is 2. The van der Waals surface area contributed by atoms with Gasteiger partial charge < -0.3 is 14.7 Å². The number of aromatic nitrogens is 2. The van der Waals surface area contributed by atoms with Crippen LogP contribution in [0.2, 0.25) is 0 Å². The number of benzene rings is 2. The number of rotatable bonds is 5. The molecule has 0 aliphatic carbocycles. The Bertz CT molecular complexity index is 1070. The van der Waals surface area contributed by atoms with Gasteiger partial charge in [-0.15, -0.1) is 0 Å². The standard InChI is InChI=1S/C21H20FN3O3/c1-12-5-16(26)3-4-17(12)15-6-19-18(8-23-24-19)20(7-15)28-11-14-9-25(10-14)21(27)13(2)22/h3-8,14,26H,2,9-11H2,1H3,(H,23,24). The SMILES string of the molecule is C=C(F)C(=O)N1CC(COc2cc(-c3ccc(O)cc3C)cc3[nH]ncc23)C1. The van der Waals surface area contributed by atoms with Crippen LogP contribution >= 0.6 is 0 Å². The Labute approximate surface area is 161 Å². The molecule has 144 valence electrons. The number of aromatic amines is 1. The van der Waals surface area contributed by atoms with Gasteiger partial charge in [0.15, 0.2) is 5.83 Å². The van der Waals surface area contributed by atoms with Gasteiger partial charge in [-0.05, 0) is 47.9 Å². The molecule has 6 nitrogen and oxygen atoms in total. The van der Waals surface area contributed by atoms with Gasteiger partial charge in [0.05, 0.1) is 23.7 Å². The number of likely N-dealkylation sites (tertiary alicyclic amines) is 1. The second-order valence-corrected chi connectivity index (χ2v) is 7.10. The molecule has 7 heteroatoms. The highest BCUT2D eigenvalue weighted by molar-refractivity contribution is 5.91. The van der Waals surface area contributed by atoms with Crippen molar-refractivity contribution in [2.24, 2.45) is 5.92 Å².